The average molecular weight is 209 g/mol. The molecule has 2 rings (SSSR count). The van der Waals surface area contributed by atoms with Crippen LogP contribution in [0.3, 0.4) is 0 Å². The summed E-state index contributed by atoms with van der Waals surface area (Å²) in [7, 11) is 1.92. The van der Waals surface area contributed by atoms with Crippen molar-refractivity contribution in [3.8, 4) is 0 Å². The van der Waals surface area contributed by atoms with E-state index in [9.17, 15) is 4.79 Å². The maximum absolute atomic E-state index is 11.6. The topological polar surface area (TPSA) is 49.8 Å². The van der Waals surface area contributed by atoms with Crippen molar-refractivity contribution in [2.45, 2.75) is 32.7 Å². The van der Waals surface area contributed by atoms with E-state index in [1.807, 2.05) is 11.7 Å². The van der Waals surface area contributed by atoms with Gasteiger partial charge in [-0.3, -0.25) is 14.6 Å². The number of hydrogen-bond acceptors (Lipinski definition) is 2. The third-order valence-electron chi connectivity index (χ3n) is 3.02. The van der Waals surface area contributed by atoms with E-state index in [1.54, 1.807) is 0 Å². The minimum Gasteiger partial charge on any atom is -0.308 e. The minimum absolute atomic E-state index is 0.0859. The van der Waals surface area contributed by atoms with Gasteiger partial charge in [-0.25, -0.2) is 0 Å². The Hall–Kier alpha value is -1.03. The van der Waals surface area contributed by atoms with Crippen molar-refractivity contribution >= 4 is 0 Å². The summed E-state index contributed by atoms with van der Waals surface area (Å²) in [4.78, 5) is 11.6. The van der Waals surface area contributed by atoms with E-state index in [1.165, 1.54) is 0 Å². The lowest BCUT2D eigenvalue weighted by atomic mass is 9.94. The third-order valence-corrected chi connectivity index (χ3v) is 3.02. The molecule has 84 valence electrons. The molecule has 4 heteroatoms. The van der Waals surface area contributed by atoms with Crippen LogP contribution in [0.2, 0.25) is 0 Å². The molecule has 2 heterocycles. The first-order chi connectivity index (χ1) is 7.09. The van der Waals surface area contributed by atoms with E-state index < -0.39 is 0 Å². The molecule has 1 aliphatic rings. The summed E-state index contributed by atoms with van der Waals surface area (Å²) in [5.74, 6) is 0.637. The minimum atomic E-state index is 0.0859. The first-order valence-corrected chi connectivity index (χ1v) is 5.60. The number of rotatable bonds is 2. The molecule has 0 bridgehead atoms. The molecule has 0 fully saturated rings. The van der Waals surface area contributed by atoms with Gasteiger partial charge in [0.25, 0.3) is 5.56 Å². The Kier molecular flexibility index (Phi) is 2.69. The van der Waals surface area contributed by atoms with Crippen molar-refractivity contribution in [2.75, 3.05) is 6.54 Å². The fraction of sp³-hybridized carbons (Fsp3) is 0.727. The predicted octanol–water partition coefficient (Wildman–Crippen LogP) is 0.946. The predicted molar refractivity (Wildman–Crippen MR) is 59.9 cm³/mol. The summed E-state index contributed by atoms with van der Waals surface area (Å²) in [5, 5.41) is 6.32. The number of aromatic amines is 1. The Morgan fingerprint density at radius 3 is 2.93 bits per heavy atom. The van der Waals surface area contributed by atoms with Crippen molar-refractivity contribution in [2.24, 2.45) is 13.0 Å². The van der Waals surface area contributed by atoms with Crippen LogP contribution in [0.25, 0.3) is 0 Å². The number of H-pyrrole nitrogens is 1. The van der Waals surface area contributed by atoms with E-state index in [2.05, 4.69) is 24.3 Å². The standard InChI is InChI=1S/C11H19N3O/c1-7(2)6-9-10-8(4-5-12-9)11(15)13-14(10)3/h7,9,12H,4-6H2,1-3H3,(H,13,15). The summed E-state index contributed by atoms with van der Waals surface area (Å²) in [5.41, 5.74) is 2.21. The van der Waals surface area contributed by atoms with Crippen LogP contribution in [0.1, 0.15) is 37.6 Å². The highest BCUT2D eigenvalue weighted by Crippen LogP contribution is 2.25. The second-order valence-corrected chi connectivity index (χ2v) is 4.75. The Morgan fingerprint density at radius 2 is 2.27 bits per heavy atom. The molecular formula is C11H19N3O. The van der Waals surface area contributed by atoms with Crippen LogP contribution in [0.4, 0.5) is 0 Å². The van der Waals surface area contributed by atoms with Crippen LogP contribution in [0.5, 0.6) is 0 Å². The molecule has 0 aromatic carbocycles. The highest BCUT2D eigenvalue weighted by Gasteiger charge is 2.25. The molecule has 1 unspecified atom stereocenters. The molecule has 4 nitrogen and oxygen atoms in total. The molecule has 0 radical (unpaired) electrons. The van der Waals surface area contributed by atoms with Crippen molar-refractivity contribution in [1.29, 1.82) is 0 Å². The molecule has 1 aliphatic heterocycles. The van der Waals surface area contributed by atoms with Gasteiger partial charge in [0.2, 0.25) is 0 Å². The van der Waals surface area contributed by atoms with E-state index in [4.69, 9.17) is 0 Å². The molecule has 0 amide bonds. The van der Waals surface area contributed by atoms with Crippen molar-refractivity contribution < 1.29 is 0 Å². The van der Waals surface area contributed by atoms with Gasteiger partial charge >= 0.3 is 0 Å². The van der Waals surface area contributed by atoms with E-state index >= 15 is 0 Å². The lowest BCUT2D eigenvalue weighted by Crippen LogP contribution is -2.33. The third kappa shape index (κ3) is 1.86. The zero-order chi connectivity index (χ0) is 11.0. The first-order valence-electron chi connectivity index (χ1n) is 5.60. The zero-order valence-corrected chi connectivity index (χ0v) is 9.63. The van der Waals surface area contributed by atoms with Crippen LogP contribution < -0.4 is 10.9 Å². The highest BCUT2D eigenvalue weighted by molar-refractivity contribution is 5.24. The second-order valence-electron chi connectivity index (χ2n) is 4.75. The molecular weight excluding hydrogens is 190 g/mol. The van der Waals surface area contributed by atoms with Gasteiger partial charge in [-0.05, 0) is 18.8 Å². The Balaban J connectivity index is 2.37. The summed E-state index contributed by atoms with van der Waals surface area (Å²) < 4.78 is 1.87. The SMILES string of the molecule is CC(C)CC1NCCc2c1n(C)[nH]c2=O. The largest absolute Gasteiger partial charge is 0.308 e. The van der Waals surface area contributed by atoms with Gasteiger partial charge in [-0.1, -0.05) is 13.8 Å². The fourth-order valence-corrected chi connectivity index (χ4v) is 2.42. The quantitative estimate of drug-likeness (QED) is 0.762. The number of aromatic nitrogens is 2. The number of fused-ring (bicyclic) bond motifs is 1. The van der Waals surface area contributed by atoms with Crippen LogP contribution in [-0.2, 0) is 13.5 Å². The van der Waals surface area contributed by atoms with Gasteiger partial charge in [-0.2, -0.15) is 0 Å². The maximum atomic E-state index is 11.6. The molecule has 0 aliphatic carbocycles. The lowest BCUT2D eigenvalue weighted by molar-refractivity contribution is 0.395. The normalized spacial score (nSPS) is 20.7. The summed E-state index contributed by atoms with van der Waals surface area (Å²) in [6.45, 7) is 5.33. The summed E-state index contributed by atoms with van der Waals surface area (Å²) in [6.07, 6.45) is 1.93. The molecule has 1 atom stereocenters. The van der Waals surface area contributed by atoms with Gasteiger partial charge in [0, 0.05) is 25.2 Å². The van der Waals surface area contributed by atoms with E-state index in [0.29, 0.717) is 12.0 Å². The summed E-state index contributed by atoms with van der Waals surface area (Å²) >= 11 is 0. The van der Waals surface area contributed by atoms with E-state index in [0.717, 1.165) is 30.6 Å². The summed E-state index contributed by atoms with van der Waals surface area (Å²) in [6, 6.07) is 0.331. The van der Waals surface area contributed by atoms with Crippen molar-refractivity contribution in [3.05, 3.63) is 21.6 Å². The van der Waals surface area contributed by atoms with Gasteiger partial charge in [-0.15, -0.1) is 0 Å². The van der Waals surface area contributed by atoms with Crippen LogP contribution >= 0.6 is 0 Å². The van der Waals surface area contributed by atoms with Gasteiger partial charge in [0.1, 0.15) is 0 Å². The fourth-order valence-electron chi connectivity index (χ4n) is 2.42. The molecule has 0 saturated carbocycles. The Labute approximate surface area is 89.7 Å². The monoisotopic (exact) mass is 209 g/mol. The van der Waals surface area contributed by atoms with Crippen molar-refractivity contribution in [3.63, 3.8) is 0 Å². The van der Waals surface area contributed by atoms with Gasteiger partial charge < -0.3 is 5.32 Å². The molecule has 15 heavy (non-hydrogen) atoms. The number of nitrogens with one attached hydrogen (secondary N) is 2. The average Bonchev–Trinajstić information content (AvgIpc) is 2.43. The number of aryl methyl sites for hydroxylation is 1. The van der Waals surface area contributed by atoms with Gasteiger partial charge in [0.15, 0.2) is 0 Å². The van der Waals surface area contributed by atoms with Crippen LogP contribution in [0.15, 0.2) is 4.79 Å². The molecule has 0 spiro atoms. The molecule has 1 aromatic rings. The van der Waals surface area contributed by atoms with Gasteiger partial charge in [0.05, 0.1) is 5.69 Å². The second kappa shape index (κ2) is 3.85. The number of nitrogens with zero attached hydrogens (tertiary/aromatic N) is 1. The smallest absolute Gasteiger partial charge is 0.267 e. The molecule has 1 aromatic heterocycles. The first kappa shape index (κ1) is 10.5. The van der Waals surface area contributed by atoms with Crippen LogP contribution in [-0.4, -0.2) is 16.3 Å². The lowest BCUT2D eigenvalue weighted by Gasteiger charge is -2.26. The van der Waals surface area contributed by atoms with E-state index in [-0.39, 0.29) is 5.56 Å². The van der Waals surface area contributed by atoms with Crippen LogP contribution in [0, 0.1) is 5.92 Å². The zero-order valence-electron chi connectivity index (χ0n) is 9.63. The maximum Gasteiger partial charge on any atom is 0.267 e. The molecule has 2 N–H and O–H groups in total. The van der Waals surface area contributed by atoms with Crippen molar-refractivity contribution in [1.82, 2.24) is 15.1 Å². The highest BCUT2D eigenvalue weighted by atomic mass is 16.1. The Morgan fingerprint density at radius 1 is 1.53 bits per heavy atom. The Bertz CT molecular complexity index is 402. The number of hydrogen-bond donors (Lipinski definition) is 2. The molecule has 0 saturated heterocycles.